The number of aromatic nitrogens is 2. The lowest BCUT2D eigenvalue weighted by atomic mass is 10.1. The molecule has 1 aromatic carbocycles. The Morgan fingerprint density at radius 1 is 1.20 bits per heavy atom. The third-order valence-electron chi connectivity index (χ3n) is 3.38. The van der Waals surface area contributed by atoms with E-state index in [0.29, 0.717) is 12.4 Å². The summed E-state index contributed by atoms with van der Waals surface area (Å²) in [5.74, 6) is 0.659. The fourth-order valence-electron chi connectivity index (χ4n) is 2.40. The van der Waals surface area contributed by atoms with Crippen molar-refractivity contribution < 1.29 is 4.74 Å². The fraction of sp³-hybridized carbons (Fsp3) is 0.188. The zero-order chi connectivity index (χ0) is 14.1. The lowest BCUT2D eigenvalue weighted by molar-refractivity contribution is 0.185. The predicted molar refractivity (Wildman–Crippen MR) is 80.5 cm³/mol. The van der Waals surface area contributed by atoms with Gasteiger partial charge in [0, 0.05) is 18.9 Å². The number of hydrogen-bond acceptors (Lipinski definition) is 3. The molecule has 2 heterocycles. The molecule has 2 N–H and O–H groups in total. The van der Waals surface area contributed by atoms with E-state index in [0.717, 1.165) is 28.0 Å². The van der Waals surface area contributed by atoms with Gasteiger partial charge in [-0.15, -0.1) is 0 Å². The van der Waals surface area contributed by atoms with Crippen LogP contribution in [0.1, 0.15) is 11.1 Å². The molecule has 4 heteroatoms. The number of nitrogens with zero attached hydrogens (tertiary/aromatic N) is 2. The summed E-state index contributed by atoms with van der Waals surface area (Å²) in [7, 11) is 1.69. The van der Waals surface area contributed by atoms with Gasteiger partial charge in [-0.3, -0.25) is 4.40 Å². The van der Waals surface area contributed by atoms with Crippen LogP contribution in [0.4, 0.5) is 5.82 Å². The van der Waals surface area contributed by atoms with Gasteiger partial charge in [0.15, 0.2) is 0 Å². The van der Waals surface area contributed by atoms with Gasteiger partial charge in [0.25, 0.3) is 0 Å². The number of anilines is 1. The Bertz CT molecular complexity index is 762. The van der Waals surface area contributed by atoms with E-state index in [2.05, 4.69) is 4.98 Å². The molecule has 0 fully saturated rings. The zero-order valence-electron chi connectivity index (χ0n) is 11.6. The number of rotatable bonds is 3. The maximum absolute atomic E-state index is 6.26. The van der Waals surface area contributed by atoms with Crippen LogP contribution in [0.3, 0.4) is 0 Å². The average molecular weight is 267 g/mol. The van der Waals surface area contributed by atoms with Crippen molar-refractivity contribution in [3.05, 3.63) is 53.7 Å². The van der Waals surface area contributed by atoms with Gasteiger partial charge in [-0.25, -0.2) is 4.98 Å². The van der Waals surface area contributed by atoms with Crippen LogP contribution in [-0.2, 0) is 11.3 Å². The summed E-state index contributed by atoms with van der Waals surface area (Å²) < 4.78 is 7.17. The van der Waals surface area contributed by atoms with Crippen LogP contribution < -0.4 is 5.73 Å². The molecule has 0 unspecified atom stereocenters. The molecule has 3 rings (SSSR count). The normalized spacial score (nSPS) is 11.1. The third-order valence-corrected chi connectivity index (χ3v) is 3.38. The lowest BCUT2D eigenvalue weighted by Crippen LogP contribution is -1.97. The van der Waals surface area contributed by atoms with Gasteiger partial charge in [-0.2, -0.15) is 0 Å². The SMILES string of the molecule is COCc1ccccc1-c1nc2ccc(C)cn2c1N. The van der Waals surface area contributed by atoms with E-state index in [1.54, 1.807) is 7.11 Å². The lowest BCUT2D eigenvalue weighted by Gasteiger charge is -2.07. The monoisotopic (exact) mass is 267 g/mol. The number of imidazole rings is 1. The highest BCUT2D eigenvalue weighted by Gasteiger charge is 2.14. The highest BCUT2D eigenvalue weighted by Crippen LogP contribution is 2.29. The van der Waals surface area contributed by atoms with Crippen LogP contribution in [0.15, 0.2) is 42.6 Å². The molecule has 0 bridgehead atoms. The summed E-state index contributed by atoms with van der Waals surface area (Å²) >= 11 is 0. The van der Waals surface area contributed by atoms with Crippen LogP contribution >= 0.6 is 0 Å². The quantitative estimate of drug-likeness (QED) is 0.793. The first-order valence-electron chi connectivity index (χ1n) is 6.52. The van der Waals surface area contributed by atoms with Crippen molar-refractivity contribution in [1.29, 1.82) is 0 Å². The molecule has 0 atom stereocenters. The van der Waals surface area contributed by atoms with E-state index in [4.69, 9.17) is 10.5 Å². The Hall–Kier alpha value is -2.33. The second-order valence-corrected chi connectivity index (χ2v) is 4.87. The van der Waals surface area contributed by atoms with Gasteiger partial charge in [0.2, 0.25) is 0 Å². The van der Waals surface area contributed by atoms with Crippen molar-refractivity contribution in [2.75, 3.05) is 12.8 Å². The topological polar surface area (TPSA) is 52.5 Å². The van der Waals surface area contributed by atoms with Gasteiger partial charge in [0.1, 0.15) is 17.2 Å². The molecular weight excluding hydrogens is 250 g/mol. The number of hydrogen-bond donors (Lipinski definition) is 1. The highest BCUT2D eigenvalue weighted by molar-refractivity contribution is 5.77. The van der Waals surface area contributed by atoms with E-state index >= 15 is 0 Å². The molecule has 3 aromatic rings. The molecular formula is C16H17N3O. The molecule has 0 aliphatic rings. The number of fused-ring (bicyclic) bond motifs is 1. The molecule has 4 nitrogen and oxygen atoms in total. The Morgan fingerprint density at radius 2 is 2.00 bits per heavy atom. The molecule has 20 heavy (non-hydrogen) atoms. The standard InChI is InChI=1S/C16H17N3O/c1-11-7-8-14-18-15(16(17)19(14)9-11)13-6-4-3-5-12(13)10-20-2/h3-9H,10,17H2,1-2H3. The summed E-state index contributed by atoms with van der Waals surface area (Å²) in [5, 5.41) is 0. The molecule has 0 amide bonds. The number of nitrogen functional groups attached to an aromatic ring is 1. The zero-order valence-corrected chi connectivity index (χ0v) is 11.6. The van der Waals surface area contributed by atoms with Crippen molar-refractivity contribution in [1.82, 2.24) is 9.38 Å². The maximum Gasteiger partial charge on any atom is 0.139 e. The van der Waals surface area contributed by atoms with Crippen LogP contribution in [-0.4, -0.2) is 16.5 Å². The number of ether oxygens (including phenoxy) is 1. The summed E-state index contributed by atoms with van der Waals surface area (Å²) in [5.41, 5.74) is 11.2. The van der Waals surface area contributed by atoms with Crippen LogP contribution in [0.2, 0.25) is 0 Å². The number of nitrogens with two attached hydrogens (primary N) is 1. The Kier molecular flexibility index (Phi) is 3.16. The summed E-state index contributed by atoms with van der Waals surface area (Å²) in [6.07, 6.45) is 2.00. The van der Waals surface area contributed by atoms with Crippen molar-refractivity contribution in [2.24, 2.45) is 0 Å². The largest absolute Gasteiger partial charge is 0.383 e. The Labute approximate surface area is 117 Å². The van der Waals surface area contributed by atoms with E-state index in [1.807, 2.05) is 53.9 Å². The first-order valence-corrected chi connectivity index (χ1v) is 6.52. The number of pyridine rings is 1. The minimum atomic E-state index is 0.544. The van der Waals surface area contributed by atoms with Crippen molar-refractivity contribution in [2.45, 2.75) is 13.5 Å². The first-order chi connectivity index (χ1) is 9.70. The van der Waals surface area contributed by atoms with Crippen molar-refractivity contribution >= 4 is 11.5 Å². The molecule has 0 saturated heterocycles. The van der Waals surface area contributed by atoms with Crippen LogP contribution in [0.5, 0.6) is 0 Å². The maximum atomic E-state index is 6.26. The van der Waals surface area contributed by atoms with Crippen molar-refractivity contribution in [3.8, 4) is 11.3 Å². The van der Waals surface area contributed by atoms with Gasteiger partial charge >= 0.3 is 0 Å². The minimum absolute atomic E-state index is 0.544. The minimum Gasteiger partial charge on any atom is -0.383 e. The molecule has 0 aliphatic carbocycles. The van der Waals surface area contributed by atoms with E-state index in [9.17, 15) is 0 Å². The summed E-state index contributed by atoms with van der Waals surface area (Å²) in [6, 6.07) is 12.1. The third kappa shape index (κ3) is 2.04. The van der Waals surface area contributed by atoms with Gasteiger partial charge in [0.05, 0.1) is 6.61 Å². The second kappa shape index (κ2) is 4.98. The molecule has 102 valence electrons. The highest BCUT2D eigenvalue weighted by atomic mass is 16.5. The van der Waals surface area contributed by atoms with Gasteiger partial charge < -0.3 is 10.5 Å². The molecule has 2 aromatic heterocycles. The van der Waals surface area contributed by atoms with Crippen LogP contribution in [0, 0.1) is 6.92 Å². The number of benzene rings is 1. The number of aryl methyl sites for hydroxylation is 1. The number of methoxy groups -OCH3 is 1. The van der Waals surface area contributed by atoms with E-state index < -0.39 is 0 Å². The second-order valence-electron chi connectivity index (χ2n) is 4.87. The van der Waals surface area contributed by atoms with E-state index in [1.165, 1.54) is 0 Å². The Balaban J connectivity index is 2.22. The van der Waals surface area contributed by atoms with Gasteiger partial charge in [-0.1, -0.05) is 30.3 Å². The first kappa shape index (κ1) is 12.7. The summed E-state index contributed by atoms with van der Waals surface area (Å²) in [6.45, 7) is 2.58. The van der Waals surface area contributed by atoms with Crippen molar-refractivity contribution in [3.63, 3.8) is 0 Å². The summed E-state index contributed by atoms with van der Waals surface area (Å²) in [4.78, 5) is 4.65. The fourth-order valence-corrected chi connectivity index (χ4v) is 2.40. The predicted octanol–water partition coefficient (Wildman–Crippen LogP) is 3.04. The van der Waals surface area contributed by atoms with Crippen LogP contribution in [0.25, 0.3) is 16.9 Å². The smallest absolute Gasteiger partial charge is 0.139 e. The van der Waals surface area contributed by atoms with E-state index in [-0.39, 0.29) is 0 Å². The van der Waals surface area contributed by atoms with Gasteiger partial charge in [-0.05, 0) is 24.1 Å². The average Bonchev–Trinajstić information content (AvgIpc) is 2.77. The molecule has 0 aliphatic heterocycles. The molecule has 0 radical (unpaired) electrons. The Morgan fingerprint density at radius 3 is 2.80 bits per heavy atom. The molecule has 0 spiro atoms. The molecule has 0 saturated carbocycles.